The van der Waals surface area contributed by atoms with E-state index in [9.17, 15) is 9.59 Å². The number of amides is 2. The number of ether oxygens (including phenoxy) is 2. The molecule has 0 spiro atoms. The van der Waals surface area contributed by atoms with Crippen LogP contribution in [0.4, 0.5) is 0 Å². The SMILES string of the molecule is N#Cc1ccc(OCC(=O)NNC(=O)COc2ccc(Cl)cc2)c(Cl)c1. The van der Waals surface area contributed by atoms with Crippen molar-refractivity contribution in [2.45, 2.75) is 0 Å². The van der Waals surface area contributed by atoms with Gasteiger partial charge in [0.15, 0.2) is 13.2 Å². The molecule has 0 aliphatic heterocycles. The molecule has 26 heavy (non-hydrogen) atoms. The van der Waals surface area contributed by atoms with Gasteiger partial charge in [-0.05, 0) is 42.5 Å². The molecule has 0 saturated heterocycles. The summed E-state index contributed by atoms with van der Waals surface area (Å²) in [5.41, 5.74) is 4.74. The highest BCUT2D eigenvalue weighted by molar-refractivity contribution is 6.32. The van der Waals surface area contributed by atoms with Gasteiger partial charge in [0.05, 0.1) is 16.7 Å². The van der Waals surface area contributed by atoms with Crippen LogP contribution in [0.2, 0.25) is 10.0 Å². The quantitative estimate of drug-likeness (QED) is 0.734. The maximum absolute atomic E-state index is 11.7. The van der Waals surface area contributed by atoms with Crippen molar-refractivity contribution in [3.05, 3.63) is 58.1 Å². The normalized spacial score (nSPS) is 9.73. The molecular formula is C17H13Cl2N3O4. The van der Waals surface area contributed by atoms with Gasteiger partial charge in [-0.3, -0.25) is 20.4 Å². The van der Waals surface area contributed by atoms with Gasteiger partial charge in [0.1, 0.15) is 11.5 Å². The molecule has 0 aromatic heterocycles. The molecule has 0 atom stereocenters. The van der Waals surface area contributed by atoms with Crippen molar-refractivity contribution in [3.63, 3.8) is 0 Å². The van der Waals surface area contributed by atoms with E-state index in [2.05, 4.69) is 10.9 Å². The van der Waals surface area contributed by atoms with Gasteiger partial charge < -0.3 is 9.47 Å². The molecule has 0 bridgehead atoms. The monoisotopic (exact) mass is 393 g/mol. The van der Waals surface area contributed by atoms with Gasteiger partial charge in [-0.2, -0.15) is 5.26 Å². The molecule has 134 valence electrons. The predicted octanol–water partition coefficient (Wildman–Crippen LogP) is 2.47. The van der Waals surface area contributed by atoms with Gasteiger partial charge in [-0.15, -0.1) is 0 Å². The standard InChI is InChI=1S/C17H13Cl2N3O4/c18-12-2-4-13(5-3-12)25-9-16(23)21-22-17(24)10-26-15-6-1-11(8-20)7-14(15)19/h1-7H,9-10H2,(H,21,23)(H,22,24). The minimum Gasteiger partial charge on any atom is -0.484 e. The molecule has 7 nitrogen and oxygen atoms in total. The molecule has 2 rings (SSSR count). The highest BCUT2D eigenvalue weighted by Crippen LogP contribution is 2.25. The summed E-state index contributed by atoms with van der Waals surface area (Å²) in [5.74, 6) is -0.428. The fourth-order valence-corrected chi connectivity index (χ4v) is 2.08. The van der Waals surface area contributed by atoms with Crippen LogP contribution in [-0.4, -0.2) is 25.0 Å². The van der Waals surface area contributed by atoms with E-state index in [0.29, 0.717) is 16.3 Å². The maximum Gasteiger partial charge on any atom is 0.276 e. The number of hydrogen-bond acceptors (Lipinski definition) is 5. The minimum absolute atomic E-state index is 0.206. The van der Waals surface area contributed by atoms with Gasteiger partial charge in [-0.1, -0.05) is 23.2 Å². The average Bonchev–Trinajstić information content (AvgIpc) is 2.64. The number of hydrazine groups is 1. The molecule has 0 heterocycles. The van der Waals surface area contributed by atoms with E-state index in [-0.39, 0.29) is 24.0 Å². The van der Waals surface area contributed by atoms with Crippen LogP contribution in [0.1, 0.15) is 5.56 Å². The predicted molar refractivity (Wildman–Crippen MR) is 94.9 cm³/mol. The fourth-order valence-electron chi connectivity index (χ4n) is 1.72. The molecule has 9 heteroatoms. The Labute approximate surface area is 159 Å². The van der Waals surface area contributed by atoms with E-state index in [0.717, 1.165) is 0 Å². The van der Waals surface area contributed by atoms with Gasteiger partial charge >= 0.3 is 0 Å². The number of nitriles is 1. The number of nitrogens with zero attached hydrogens (tertiary/aromatic N) is 1. The third kappa shape index (κ3) is 6.16. The molecule has 0 fully saturated rings. The smallest absolute Gasteiger partial charge is 0.276 e. The summed E-state index contributed by atoms with van der Waals surface area (Å²) in [6, 6.07) is 12.8. The van der Waals surface area contributed by atoms with Crippen molar-refractivity contribution >= 4 is 35.0 Å². The van der Waals surface area contributed by atoms with Crippen LogP contribution in [0.5, 0.6) is 11.5 Å². The van der Waals surface area contributed by atoms with Crippen molar-refractivity contribution < 1.29 is 19.1 Å². The second-order valence-electron chi connectivity index (χ2n) is 4.88. The van der Waals surface area contributed by atoms with Crippen LogP contribution >= 0.6 is 23.2 Å². The van der Waals surface area contributed by atoms with Crippen molar-refractivity contribution in [1.29, 1.82) is 5.26 Å². The number of carbonyl (C=O) groups excluding carboxylic acids is 2. The highest BCUT2D eigenvalue weighted by atomic mass is 35.5. The van der Waals surface area contributed by atoms with Gasteiger partial charge in [0, 0.05) is 5.02 Å². The molecule has 0 aliphatic carbocycles. The zero-order valence-corrected chi connectivity index (χ0v) is 14.8. The van der Waals surface area contributed by atoms with E-state index in [4.69, 9.17) is 37.9 Å². The Balaban J connectivity index is 1.70. The number of nitrogens with one attached hydrogen (secondary N) is 2. The van der Waals surface area contributed by atoms with E-state index >= 15 is 0 Å². The Morgan fingerprint density at radius 2 is 1.58 bits per heavy atom. The van der Waals surface area contributed by atoms with Crippen LogP contribution < -0.4 is 20.3 Å². The Bertz CT molecular complexity index is 835. The maximum atomic E-state index is 11.7. The van der Waals surface area contributed by atoms with E-state index in [1.165, 1.54) is 18.2 Å². The lowest BCUT2D eigenvalue weighted by Gasteiger charge is -2.10. The van der Waals surface area contributed by atoms with Crippen LogP contribution in [0.15, 0.2) is 42.5 Å². The first-order valence-electron chi connectivity index (χ1n) is 7.26. The molecular weight excluding hydrogens is 381 g/mol. The lowest BCUT2D eigenvalue weighted by molar-refractivity contribution is -0.131. The summed E-state index contributed by atoms with van der Waals surface area (Å²) in [7, 11) is 0. The number of rotatable bonds is 6. The van der Waals surface area contributed by atoms with Crippen LogP contribution in [0.25, 0.3) is 0 Å². The van der Waals surface area contributed by atoms with Crippen LogP contribution in [-0.2, 0) is 9.59 Å². The third-order valence-corrected chi connectivity index (χ3v) is 3.49. The number of hydrogen-bond donors (Lipinski definition) is 2. The summed E-state index contributed by atoms with van der Waals surface area (Å²) in [4.78, 5) is 23.3. The first-order valence-corrected chi connectivity index (χ1v) is 8.02. The molecule has 2 aromatic carbocycles. The van der Waals surface area contributed by atoms with Gasteiger partial charge in [0.2, 0.25) is 0 Å². The first-order chi connectivity index (χ1) is 12.5. The van der Waals surface area contributed by atoms with Crippen LogP contribution in [0, 0.1) is 11.3 Å². The Kier molecular flexibility index (Phi) is 7.09. The van der Waals surface area contributed by atoms with E-state index in [1.54, 1.807) is 24.3 Å². The molecule has 0 saturated carbocycles. The molecule has 0 radical (unpaired) electrons. The van der Waals surface area contributed by atoms with E-state index in [1.807, 2.05) is 6.07 Å². The third-order valence-electron chi connectivity index (χ3n) is 2.94. The number of benzene rings is 2. The van der Waals surface area contributed by atoms with E-state index < -0.39 is 11.8 Å². The first kappa shape index (κ1) is 19.4. The Morgan fingerprint density at radius 3 is 2.15 bits per heavy atom. The summed E-state index contributed by atoms with van der Waals surface area (Å²) in [5, 5.41) is 9.51. The summed E-state index contributed by atoms with van der Waals surface area (Å²) in [6.07, 6.45) is 0. The van der Waals surface area contributed by atoms with Crippen molar-refractivity contribution in [2.24, 2.45) is 0 Å². The zero-order valence-electron chi connectivity index (χ0n) is 13.3. The number of halogens is 2. The second kappa shape index (κ2) is 9.51. The molecule has 2 aromatic rings. The number of carbonyl (C=O) groups is 2. The lowest BCUT2D eigenvalue weighted by atomic mass is 10.2. The second-order valence-corrected chi connectivity index (χ2v) is 5.73. The van der Waals surface area contributed by atoms with Crippen molar-refractivity contribution in [1.82, 2.24) is 10.9 Å². The highest BCUT2D eigenvalue weighted by Gasteiger charge is 2.09. The van der Waals surface area contributed by atoms with Crippen molar-refractivity contribution in [3.8, 4) is 17.6 Å². The van der Waals surface area contributed by atoms with Gasteiger partial charge in [-0.25, -0.2) is 0 Å². The minimum atomic E-state index is -0.592. The summed E-state index contributed by atoms with van der Waals surface area (Å²) in [6.45, 7) is -0.659. The largest absolute Gasteiger partial charge is 0.484 e. The summed E-state index contributed by atoms with van der Waals surface area (Å²) >= 11 is 11.7. The Morgan fingerprint density at radius 1 is 0.962 bits per heavy atom. The Hall–Kier alpha value is -2.95. The topological polar surface area (TPSA) is 100 Å². The average molecular weight is 394 g/mol. The summed E-state index contributed by atoms with van der Waals surface area (Å²) < 4.78 is 10.4. The fraction of sp³-hybridized carbons (Fsp3) is 0.118. The lowest BCUT2D eigenvalue weighted by Crippen LogP contribution is -2.45. The molecule has 2 amide bonds. The molecule has 0 unspecified atom stereocenters. The van der Waals surface area contributed by atoms with Gasteiger partial charge in [0.25, 0.3) is 11.8 Å². The zero-order chi connectivity index (χ0) is 18.9. The molecule has 2 N–H and O–H groups in total. The van der Waals surface area contributed by atoms with Crippen LogP contribution in [0.3, 0.4) is 0 Å². The van der Waals surface area contributed by atoms with Crippen molar-refractivity contribution in [2.75, 3.05) is 13.2 Å². The molecule has 0 aliphatic rings.